The summed E-state index contributed by atoms with van der Waals surface area (Å²) in [4.78, 5) is 27.6. The standard InChI is InChI=1S/C11H7N3O5.C11H11N3O/c15-13(16)8-1-4-10(5-2-8)19-11-6-3-9(7-12-11)14(17)18;12-8-1-4-10(5-2-8)15-11-6-3-9(13)7-14-11/h1-7H;1-7H,12-13H2. The summed E-state index contributed by atoms with van der Waals surface area (Å²) in [6, 6.07) is 18.6. The maximum atomic E-state index is 10.5. The van der Waals surface area contributed by atoms with Crippen molar-refractivity contribution >= 4 is 22.7 Å². The van der Waals surface area contributed by atoms with E-state index in [1.165, 1.54) is 36.4 Å². The van der Waals surface area contributed by atoms with Crippen LogP contribution in [0.2, 0.25) is 0 Å². The molecule has 2 heterocycles. The molecule has 0 aliphatic heterocycles. The number of hydrogen-bond donors (Lipinski definition) is 2. The predicted molar refractivity (Wildman–Crippen MR) is 124 cm³/mol. The van der Waals surface area contributed by atoms with Crippen molar-refractivity contribution in [3.8, 4) is 23.3 Å². The lowest BCUT2D eigenvalue weighted by Gasteiger charge is -2.04. The summed E-state index contributed by atoms with van der Waals surface area (Å²) in [6.45, 7) is 0. The highest BCUT2D eigenvalue weighted by Gasteiger charge is 2.08. The Bertz CT molecular complexity index is 1150. The lowest BCUT2D eigenvalue weighted by molar-refractivity contribution is -0.385. The summed E-state index contributed by atoms with van der Waals surface area (Å²) in [7, 11) is 0. The fourth-order valence-electron chi connectivity index (χ4n) is 2.41. The van der Waals surface area contributed by atoms with Crippen LogP contribution in [0.25, 0.3) is 0 Å². The Kier molecular flexibility index (Phi) is 7.47. The van der Waals surface area contributed by atoms with E-state index in [-0.39, 0.29) is 17.3 Å². The summed E-state index contributed by atoms with van der Waals surface area (Å²) >= 11 is 0. The molecular weight excluding hydrogens is 444 g/mol. The number of hydrogen-bond acceptors (Lipinski definition) is 10. The zero-order chi connectivity index (χ0) is 24.5. The number of pyridine rings is 2. The Morgan fingerprint density at radius 3 is 1.47 bits per heavy atom. The SMILES string of the molecule is Nc1ccc(Oc2ccc(N)cn2)cc1.O=[N+]([O-])c1ccc(Oc2ccc([N+](=O)[O-])cn2)cc1. The van der Waals surface area contributed by atoms with Crippen LogP contribution in [0.4, 0.5) is 22.7 Å². The third-order valence-electron chi connectivity index (χ3n) is 4.06. The third-order valence-corrected chi connectivity index (χ3v) is 4.06. The number of anilines is 2. The monoisotopic (exact) mass is 462 g/mol. The first kappa shape index (κ1) is 23.4. The molecule has 0 bridgehead atoms. The molecule has 12 heteroatoms. The van der Waals surface area contributed by atoms with Gasteiger partial charge in [-0.25, -0.2) is 9.97 Å². The Labute approximate surface area is 192 Å². The maximum absolute atomic E-state index is 10.5. The molecule has 0 fully saturated rings. The van der Waals surface area contributed by atoms with Gasteiger partial charge in [-0.3, -0.25) is 20.2 Å². The van der Waals surface area contributed by atoms with Crippen molar-refractivity contribution in [2.24, 2.45) is 0 Å². The molecule has 34 heavy (non-hydrogen) atoms. The fraction of sp³-hybridized carbons (Fsp3) is 0. The number of nitrogens with zero attached hydrogens (tertiary/aromatic N) is 4. The molecular formula is C22H18N6O6. The Morgan fingerprint density at radius 1 is 0.588 bits per heavy atom. The molecule has 0 aliphatic rings. The van der Waals surface area contributed by atoms with Gasteiger partial charge >= 0.3 is 0 Å². The highest BCUT2D eigenvalue weighted by atomic mass is 16.6. The average Bonchev–Trinajstić information content (AvgIpc) is 2.83. The molecule has 0 aliphatic carbocycles. The summed E-state index contributed by atoms with van der Waals surface area (Å²) in [5.41, 5.74) is 12.2. The topological polar surface area (TPSA) is 183 Å². The highest BCUT2D eigenvalue weighted by Crippen LogP contribution is 2.23. The summed E-state index contributed by atoms with van der Waals surface area (Å²) in [5.74, 6) is 1.72. The number of nitro benzene ring substituents is 1. The second-order valence-electron chi connectivity index (χ2n) is 6.57. The molecule has 4 N–H and O–H groups in total. The minimum atomic E-state index is -0.567. The zero-order valence-corrected chi connectivity index (χ0v) is 17.5. The molecule has 12 nitrogen and oxygen atoms in total. The number of rotatable bonds is 6. The molecule has 0 unspecified atom stereocenters. The second kappa shape index (κ2) is 10.9. The first-order valence-electron chi connectivity index (χ1n) is 9.58. The van der Waals surface area contributed by atoms with Crippen LogP contribution in [0.15, 0.2) is 85.2 Å². The van der Waals surface area contributed by atoms with Crippen LogP contribution in [-0.4, -0.2) is 19.8 Å². The first-order valence-corrected chi connectivity index (χ1v) is 9.58. The molecule has 0 saturated carbocycles. The zero-order valence-electron chi connectivity index (χ0n) is 17.5. The first-order chi connectivity index (χ1) is 16.3. The van der Waals surface area contributed by atoms with Gasteiger partial charge in [0.25, 0.3) is 11.4 Å². The minimum absolute atomic E-state index is 0.0518. The van der Waals surface area contributed by atoms with E-state index in [1.807, 2.05) is 0 Å². The van der Waals surface area contributed by atoms with E-state index >= 15 is 0 Å². The number of non-ortho nitro benzene ring substituents is 1. The van der Waals surface area contributed by atoms with Gasteiger partial charge in [-0.15, -0.1) is 0 Å². The summed E-state index contributed by atoms with van der Waals surface area (Å²) in [6.07, 6.45) is 2.62. The van der Waals surface area contributed by atoms with Gasteiger partial charge in [0.15, 0.2) is 0 Å². The molecule has 172 valence electrons. The average molecular weight is 462 g/mol. The normalized spacial score (nSPS) is 9.88. The van der Waals surface area contributed by atoms with E-state index in [0.29, 0.717) is 28.8 Å². The number of aromatic nitrogens is 2. The van der Waals surface area contributed by atoms with Crippen LogP contribution in [0.1, 0.15) is 0 Å². The predicted octanol–water partition coefficient (Wildman–Crippen LogP) is 4.73. The maximum Gasteiger partial charge on any atom is 0.287 e. The molecule has 2 aromatic carbocycles. The van der Waals surface area contributed by atoms with Gasteiger partial charge in [0, 0.05) is 36.0 Å². The van der Waals surface area contributed by atoms with Crippen LogP contribution in [0.3, 0.4) is 0 Å². The molecule has 0 amide bonds. The van der Waals surface area contributed by atoms with Crippen molar-refractivity contribution < 1.29 is 19.3 Å². The summed E-state index contributed by atoms with van der Waals surface area (Å²) in [5, 5.41) is 20.9. The van der Waals surface area contributed by atoms with Crippen molar-refractivity contribution in [3.05, 3.63) is 105 Å². The number of benzene rings is 2. The van der Waals surface area contributed by atoms with Crippen LogP contribution in [0, 0.1) is 20.2 Å². The van der Waals surface area contributed by atoms with Crippen LogP contribution >= 0.6 is 0 Å². The number of nitro groups is 2. The molecule has 0 radical (unpaired) electrons. The smallest absolute Gasteiger partial charge is 0.287 e. The van der Waals surface area contributed by atoms with Gasteiger partial charge in [0.1, 0.15) is 17.7 Å². The minimum Gasteiger partial charge on any atom is -0.439 e. The van der Waals surface area contributed by atoms with E-state index in [1.54, 1.807) is 42.6 Å². The van der Waals surface area contributed by atoms with E-state index in [9.17, 15) is 20.2 Å². The Morgan fingerprint density at radius 2 is 1.03 bits per heavy atom. The molecule has 4 aromatic rings. The molecule has 4 rings (SSSR count). The van der Waals surface area contributed by atoms with Gasteiger partial charge in [0.2, 0.25) is 11.8 Å². The van der Waals surface area contributed by atoms with Crippen LogP contribution in [-0.2, 0) is 0 Å². The van der Waals surface area contributed by atoms with Crippen molar-refractivity contribution in [2.75, 3.05) is 11.5 Å². The Hall–Kier alpha value is -5.26. The lowest BCUT2D eigenvalue weighted by Crippen LogP contribution is -1.92. The quantitative estimate of drug-likeness (QED) is 0.231. The molecule has 2 aromatic heterocycles. The van der Waals surface area contributed by atoms with Crippen LogP contribution in [0.5, 0.6) is 23.3 Å². The van der Waals surface area contributed by atoms with Crippen LogP contribution < -0.4 is 20.9 Å². The number of nitrogens with two attached hydrogens (primary N) is 2. The van der Waals surface area contributed by atoms with Crippen molar-refractivity contribution in [1.82, 2.24) is 9.97 Å². The van der Waals surface area contributed by atoms with Gasteiger partial charge in [-0.05, 0) is 42.5 Å². The van der Waals surface area contributed by atoms with E-state index < -0.39 is 9.85 Å². The lowest BCUT2D eigenvalue weighted by atomic mass is 10.3. The van der Waals surface area contributed by atoms with E-state index in [0.717, 1.165) is 6.20 Å². The fourth-order valence-corrected chi connectivity index (χ4v) is 2.41. The van der Waals surface area contributed by atoms with Crippen molar-refractivity contribution in [2.45, 2.75) is 0 Å². The van der Waals surface area contributed by atoms with Crippen molar-refractivity contribution in [3.63, 3.8) is 0 Å². The largest absolute Gasteiger partial charge is 0.439 e. The van der Waals surface area contributed by atoms with Gasteiger partial charge in [-0.2, -0.15) is 0 Å². The highest BCUT2D eigenvalue weighted by molar-refractivity contribution is 5.43. The molecule has 0 saturated heterocycles. The van der Waals surface area contributed by atoms with E-state index in [4.69, 9.17) is 20.9 Å². The van der Waals surface area contributed by atoms with Gasteiger partial charge < -0.3 is 20.9 Å². The Balaban J connectivity index is 0.000000196. The number of ether oxygens (including phenoxy) is 2. The molecule has 0 spiro atoms. The van der Waals surface area contributed by atoms with Gasteiger partial charge in [-0.1, -0.05) is 0 Å². The van der Waals surface area contributed by atoms with Gasteiger partial charge in [0.05, 0.1) is 21.7 Å². The second-order valence-corrected chi connectivity index (χ2v) is 6.57. The number of nitrogen functional groups attached to an aromatic ring is 2. The summed E-state index contributed by atoms with van der Waals surface area (Å²) < 4.78 is 10.8. The third kappa shape index (κ3) is 6.88. The van der Waals surface area contributed by atoms with Crippen molar-refractivity contribution in [1.29, 1.82) is 0 Å². The van der Waals surface area contributed by atoms with E-state index in [2.05, 4.69) is 9.97 Å². The molecule has 0 atom stereocenters.